The summed E-state index contributed by atoms with van der Waals surface area (Å²) in [5.41, 5.74) is 0.407. The zero-order valence-electron chi connectivity index (χ0n) is 12.9. The lowest BCUT2D eigenvalue weighted by molar-refractivity contribution is 0.0967. The number of nitrogens with one attached hydrogen (secondary N) is 2. The van der Waals surface area contributed by atoms with Crippen LogP contribution in [0.1, 0.15) is 10.4 Å². The number of morpholine rings is 1. The average Bonchev–Trinajstić information content (AvgIpc) is 2.63. The molecule has 1 aromatic heterocycles. The number of benzene rings is 1. The average molecular weight is 327 g/mol. The molecule has 0 bridgehead atoms. The summed E-state index contributed by atoms with van der Waals surface area (Å²) < 4.78 is 5.30. The van der Waals surface area contributed by atoms with Crippen LogP contribution >= 0.6 is 0 Å². The second-order valence-corrected chi connectivity index (χ2v) is 5.14. The molecule has 0 radical (unpaired) electrons. The fourth-order valence-electron chi connectivity index (χ4n) is 2.29. The van der Waals surface area contributed by atoms with Crippen molar-refractivity contribution in [1.29, 1.82) is 0 Å². The molecule has 1 saturated heterocycles. The third-order valence-corrected chi connectivity index (χ3v) is 3.49. The first-order valence-electron chi connectivity index (χ1n) is 7.54. The number of rotatable bonds is 3. The third-order valence-electron chi connectivity index (χ3n) is 3.49. The van der Waals surface area contributed by atoms with Crippen molar-refractivity contribution in [1.82, 2.24) is 15.3 Å². The standard InChI is InChI=1S/C16H17N5O3/c22-15(12-4-2-1-3-5-12)20-16(23)19-13-10-14(18-11-17-13)21-6-8-24-9-7-21/h1-5,10-11H,6-9H2,(H2,17,18,19,20,22,23). The van der Waals surface area contributed by atoms with Crippen LogP contribution in [-0.4, -0.2) is 48.2 Å². The van der Waals surface area contributed by atoms with E-state index < -0.39 is 11.9 Å². The second kappa shape index (κ2) is 7.51. The number of hydrogen-bond donors (Lipinski definition) is 2. The van der Waals surface area contributed by atoms with Crippen molar-refractivity contribution in [3.05, 3.63) is 48.3 Å². The topological polar surface area (TPSA) is 96.5 Å². The zero-order valence-corrected chi connectivity index (χ0v) is 12.9. The molecule has 1 aliphatic rings. The molecule has 3 rings (SSSR count). The van der Waals surface area contributed by atoms with Gasteiger partial charge in [-0.1, -0.05) is 18.2 Å². The summed E-state index contributed by atoms with van der Waals surface area (Å²) in [6, 6.07) is 9.53. The molecule has 8 heteroatoms. The molecule has 2 heterocycles. The van der Waals surface area contributed by atoms with Crippen molar-refractivity contribution in [2.24, 2.45) is 0 Å². The summed E-state index contributed by atoms with van der Waals surface area (Å²) in [6.45, 7) is 2.74. The Labute approximate surface area is 138 Å². The van der Waals surface area contributed by atoms with Gasteiger partial charge in [-0.15, -0.1) is 0 Å². The predicted molar refractivity (Wildman–Crippen MR) is 88.0 cm³/mol. The molecule has 3 amide bonds. The minimum atomic E-state index is -0.643. The van der Waals surface area contributed by atoms with E-state index in [1.54, 1.807) is 36.4 Å². The number of imide groups is 1. The van der Waals surface area contributed by atoms with Crippen LogP contribution in [-0.2, 0) is 4.74 Å². The maximum atomic E-state index is 11.9. The van der Waals surface area contributed by atoms with Gasteiger partial charge >= 0.3 is 6.03 Å². The van der Waals surface area contributed by atoms with Crippen molar-refractivity contribution >= 4 is 23.6 Å². The van der Waals surface area contributed by atoms with Gasteiger partial charge in [-0.25, -0.2) is 14.8 Å². The molecule has 1 aliphatic heterocycles. The normalized spacial score (nSPS) is 14.1. The molecule has 8 nitrogen and oxygen atoms in total. The molecule has 2 aromatic rings. The van der Waals surface area contributed by atoms with Gasteiger partial charge in [-0.2, -0.15) is 0 Å². The van der Waals surface area contributed by atoms with Gasteiger partial charge in [0.15, 0.2) is 0 Å². The van der Waals surface area contributed by atoms with E-state index in [0.29, 0.717) is 30.4 Å². The Morgan fingerprint density at radius 3 is 2.58 bits per heavy atom. The highest BCUT2D eigenvalue weighted by Crippen LogP contribution is 2.15. The highest BCUT2D eigenvalue weighted by Gasteiger charge is 2.14. The van der Waals surface area contributed by atoms with E-state index >= 15 is 0 Å². The molecule has 1 aromatic carbocycles. The minimum Gasteiger partial charge on any atom is -0.378 e. The van der Waals surface area contributed by atoms with Crippen molar-refractivity contribution in [3.63, 3.8) is 0 Å². The molecule has 24 heavy (non-hydrogen) atoms. The lowest BCUT2D eigenvalue weighted by atomic mass is 10.2. The summed E-state index contributed by atoms with van der Waals surface area (Å²) in [4.78, 5) is 34.1. The van der Waals surface area contributed by atoms with Crippen LogP contribution in [0.3, 0.4) is 0 Å². The Morgan fingerprint density at radius 1 is 1.08 bits per heavy atom. The highest BCUT2D eigenvalue weighted by atomic mass is 16.5. The number of amides is 3. The number of nitrogens with zero attached hydrogens (tertiary/aromatic N) is 3. The molecule has 0 saturated carbocycles. The van der Waals surface area contributed by atoms with E-state index in [1.807, 2.05) is 4.90 Å². The van der Waals surface area contributed by atoms with Gasteiger partial charge in [0, 0.05) is 24.7 Å². The van der Waals surface area contributed by atoms with Crippen molar-refractivity contribution in [2.45, 2.75) is 0 Å². The Morgan fingerprint density at radius 2 is 1.83 bits per heavy atom. The van der Waals surface area contributed by atoms with Gasteiger partial charge in [0.1, 0.15) is 18.0 Å². The highest BCUT2D eigenvalue weighted by molar-refractivity contribution is 6.07. The van der Waals surface area contributed by atoms with Gasteiger partial charge in [0.25, 0.3) is 5.91 Å². The van der Waals surface area contributed by atoms with Gasteiger partial charge in [0.05, 0.1) is 13.2 Å². The number of carbonyl (C=O) groups excluding carboxylic acids is 2. The van der Waals surface area contributed by atoms with Crippen molar-refractivity contribution in [2.75, 3.05) is 36.5 Å². The number of urea groups is 1. The predicted octanol–water partition coefficient (Wildman–Crippen LogP) is 1.28. The fraction of sp³-hybridized carbons (Fsp3) is 0.250. The van der Waals surface area contributed by atoms with Crippen LogP contribution in [0.25, 0.3) is 0 Å². The Hall–Kier alpha value is -3.00. The van der Waals surface area contributed by atoms with E-state index in [1.165, 1.54) is 6.33 Å². The van der Waals surface area contributed by atoms with E-state index in [9.17, 15) is 9.59 Å². The Bertz CT molecular complexity index is 717. The molecule has 0 unspecified atom stereocenters. The number of hydrogen-bond acceptors (Lipinski definition) is 6. The molecule has 1 fully saturated rings. The maximum absolute atomic E-state index is 11.9. The molecule has 124 valence electrons. The Balaban J connectivity index is 1.61. The summed E-state index contributed by atoms with van der Waals surface area (Å²) in [7, 11) is 0. The van der Waals surface area contributed by atoms with Gasteiger partial charge in [0.2, 0.25) is 0 Å². The molecule has 0 spiro atoms. The molecule has 2 N–H and O–H groups in total. The summed E-state index contributed by atoms with van der Waals surface area (Å²) in [5.74, 6) is 0.554. The quantitative estimate of drug-likeness (QED) is 0.881. The van der Waals surface area contributed by atoms with E-state index in [0.717, 1.165) is 13.1 Å². The second-order valence-electron chi connectivity index (χ2n) is 5.14. The van der Waals surface area contributed by atoms with Crippen molar-refractivity contribution in [3.8, 4) is 0 Å². The van der Waals surface area contributed by atoms with Gasteiger partial charge in [-0.3, -0.25) is 15.4 Å². The lowest BCUT2D eigenvalue weighted by Crippen LogP contribution is -2.37. The van der Waals surface area contributed by atoms with E-state index in [4.69, 9.17) is 4.74 Å². The SMILES string of the molecule is O=C(NC(=O)c1ccccc1)Nc1cc(N2CCOCC2)ncn1. The molecule has 0 aliphatic carbocycles. The minimum absolute atomic E-state index is 0.324. The monoisotopic (exact) mass is 327 g/mol. The van der Waals surface area contributed by atoms with Crippen LogP contribution in [0, 0.1) is 0 Å². The first-order chi connectivity index (χ1) is 11.7. The number of ether oxygens (including phenoxy) is 1. The molecular formula is C16H17N5O3. The summed E-state index contributed by atoms with van der Waals surface area (Å²) in [5, 5.41) is 4.80. The number of aromatic nitrogens is 2. The number of carbonyl (C=O) groups is 2. The molecule has 0 atom stereocenters. The first kappa shape index (κ1) is 15.9. The van der Waals surface area contributed by atoms with Crippen LogP contribution < -0.4 is 15.5 Å². The van der Waals surface area contributed by atoms with Crippen LogP contribution in [0.15, 0.2) is 42.7 Å². The molecular weight excluding hydrogens is 310 g/mol. The largest absolute Gasteiger partial charge is 0.378 e. The van der Waals surface area contributed by atoms with Crippen LogP contribution in [0.2, 0.25) is 0 Å². The maximum Gasteiger partial charge on any atom is 0.327 e. The summed E-state index contributed by atoms with van der Waals surface area (Å²) >= 11 is 0. The lowest BCUT2D eigenvalue weighted by Gasteiger charge is -2.27. The summed E-state index contributed by atoms with van der Waals surface area (Å²) in [6.07, 6.45) is 1.37. The fourth-order valence-corrected chi connectivity index (χ4v) is 2.29. The van der Waals surface area contributed by atoms with Crippen molar-refractivity contribution < 1.29 is 14.3 Å². The van der Waals surface area contributed by atoms with Gasteiger partial charge in [-0.05, 0) is 12.1 Å². The van der Waals surface area contributed by atoms with Gasteiger partial charge < -0.3 is 9.64 Å². The van der Waals surface area contributed by atoms with Crippen LogP contribution in [0.5, 0.6) is 0 Å². The smallest absolute Gasteiger partial charge is 0.327 e. The van der Waals surface area contributed by atoms with Crippen LogP contribution in [0.4, 0.5) is 16.4 Å². The Kier molecular flexibility index (Phi) is 4.97. The zero-order chi connectivity index (χ0) is 16.8. The van der Waals surface area contributed by atoms with E-state index in [2.05, 4.69) is 20.6 Å². The first-order valence-corrected chi connectivity index (χ1v) is 7.54. The number of anilines is 2. The third kappa shape index (κ3) is 4.05. The van der Waals surface area contributed by atoms with E-state index in [-0.39, 0.29) is 0 Å².